The number of nitrogens with zero attached hydrogens (tertiary/aromatic N) is 4. The van der Waals surface area contributed by atoms with Gasteiger partial charge in [0.1, 0.15) is 18.0 Å². The summed E-state index contributed by atoms with van der Waals surface area (Å²) in [6.45, 7) is 13.4. The number of hydrogen-bond acceptors (Lipinski definition) is 28. The van der Waals surface area contributed by atoms with Crippen LogP contribution in [0.15, 0.2) is 152 Å². The highest BCUT2D eigenvalue weighted by Gasteiger charge is 2.50. The zero-order valence-corrected chi connectivity index (χ0v) is 68.3. The van der Waals surface area contributed by atoms with Crippen molar-refractivity contribution in [2.24, 2.45) is 0 Å². The molecule has 0 unspecified atom stereocenters. The van der Waals surface area contributed by atoms with Crippen molar-refractivity contribution in [3.05, 3.63) is 166 Å². The minimum absolute atomic E-state index is 0.0166. The van der Waals surface area contributed by atoms with Crippen LogP contribution in [0.2, 0.25) is 0 Å². The molecule has 0 spiro atoms. The number of fused-ring (bicyclic) bond motifs is 4. The number of benzene rings is 4. The first kappa shape index (κ1) is 94.3. The normalized spacial score (nSPS) is 17.3. The molecule has 4 heterocycles. The number of anilines is 2. The van der Waals surface area contributed by atoms with Crippen LogP contribution in [0.1, 0.15) is 124 Å². The Labute approximate surface area is 649 Å². The molecule has 0 fully saturated rings. The van der Waals surface area contributed by atoms with Gasteiger partial charge in [0.15, 0.2) is 16.3 Å². The molecule has 0 bridgehead atoms. The lowest BCUT2D eigenvalue weighted by Gasteiger charge is -2.27. The molecule has 4 aromatic rings. The van der Waals surface area contributed by atoms with Gasteiger partial charge in [0.2, 0.25) is 11.4 Å². The zero-order valence-electron chi connectivity index (χ0n) is 60.1. The minimum atomic E-state index is -4.86. The van der Waals surface area contributed by atoms with Gasteiger partial charge in [-0.2, -0.15) is 59.7 Å². The summed E-state index contributed by atoms with van der Waals surface area (Å²) >= 11 is 0. The highest BCUT2D eigenvalue weighted by atomic mass is 32.3. The van der Waals surface area contributed by atoms with Gasteiger partial charge >= 0.3 is 43.3 Å². The monoisotopic (exact) mass is 1760 g/mol. The van der Waals surface area contributed by atoms with Gasteiger partial charge < -0.3 is 29.1 Å². The molecule has 0 radical (unpaired) electrons. The Morgan fingerprint density at radius 3 is 1.14 bits per heavy atom. The van der Waals surface area contributed by atoms with Crippen molar-refractivity contribution >= 4 is 148 Å². The third kappa shape index (κ3) is 23.9. The predicted molar refractivity (Wildman–Crippen MR) is 398 cm³/mol. The summed E-state index contributed by atoms with van der Waals surface area (Å²) in [5.74, 6) is -5.63. The average Bonchev–Trinajstić information content (AvgIpc) is 1.59. The first-order valence-electron chi connectivity index (χ1n) is 32.1. The highest BCUT2D eigenvalue weighted by Crippen LogP contribution is 2.53. The third-order valence-corrected chi connectivity index (χ3v) is 24.4. The van der Waals surface area contributed by atoms with E-state index < -0.39 is 185 Å². The van der Waals surface area contributed by atoms with Gasteiger partial charge in [-0.25, -0.2) is 26.4 Å². The topological polar surface area (TPSA) is 630 Å². The Hall–Kier alpha value is -8.28. The van der Waals surface area contributed by atoms with Crippen LogP contribution in [0.3, 0.4) is 0 Å². The number of aromatic carboxylic acids is 2. The molecule has 4 aromatic carbocycles. The fourth-order valence-corrected chi connectivity index (χ4v) is 18.1. The van der Waals surface area contributed by atoms with Crippen LogP contribution in [-0.2, 0) is 124 Å². The van der Waals surface area contributed by atoms with Crippen molar-refractivity contribution < 1.29 is 158 Å². The summed E-state index contributed by atoms with van der Waals surface area (Å²) in [4.78, 5) is 25.5. The van der Waals surface area contributed by atoms with Gasteiger partial charge in [-0.15, -0.1) is 25.3 Å². The zero-order chi connectivity index (χ0) is 85.6. The Morgan fingerprint density at radius 1 is 0.438 bits per heavy atom. The molecule has 4 aliphatic rings. The summed E-state index contributed by atoms with van der Waals surface area (Å²) in [6.07, 6.45) is 15.4. The number of carbonyl (C=O) groups is 2. The van der Waals surface area contributed by atoms with Crippen LogP contribution >= 0.6 is 0 Å². The van der Waals surface area contributed by atoms with E-state index in [4.69, 9.17) is 25.3 Å². The maximum Gasteiger partial charge on any atom is 0.425 e. The number of allylic oxidation sites excluding steroid dienone is 12. The van der Waals surface area contributed by atoms with Gasteiger partial charge in [-0.1, -0.05) is 82.4 Å². The second-order valence-electron chi connectivity index (χ2n) is 26.9. The molecule has 0 aromatic heterocycles. The Balaban J connectivity index is 0.000000365. The van der Waals surface area contributed by atoms with Crippen LogP contribution in [0.4, 0.5) is 22.7 Å². The molecule has 4 aliphatic heterocycles. The number of rotatable bonds is 28. The van der Waals surface area contributed by atoms with E-state index in [2.05, 4.69) is 0 Å². The standard InChI is InChI=1S/2C32H38N2O14S4.2O3S/c1-31(2)26(34(16-10-18-50(40,41)42)24-20-21(51(43,44)45)19-22(28(24)31)30(35)36)13-6-5-7-14-27-32(3,4)29-23(11-8-12-25(29)52(46,47)48)33(27)15-9-17-49(37,38)39;1-31(2)23-11-8-12-25(52(46,47)48)29(23)34(16-10-18-50(40,41)42)26(31)13-6-5-7-14-27-32(3,4)28-22(30(35)36)19-21(51(43,44)45)20-24(28)33(27)15-9-17-49(37,38)39;2*1-4(2)3/h2*5-8,11-14,19-20H,9-10,15-18H2,1-4H3,(H4-,35,36,37,38,39,40,41,42,43,44,45,46,47,48);;. The maximum absolute atomic E-state index is 12.3. The first-order chi connectivity index (χ1) is 50.8. The lowest BCUT2D eigenvalue weighted by molar-refractivity contribution is -0.440. The Bertz CT molecular complexity index is 5940. The molecule has 48 heteroatoms. The molecular formula is C64H76N4O34S10. The molecular weight excluding hydrogens is 1690 g/mol. The van der Waals surface area contributed by atoms with Gasteiger partial charge in [0, 0.05) is 106 Å². The molecule has 0 saturated heterocycles. The summed E-state index contributed by atoms with van der Waals surface area (Å²) < 4.78 is 323. The van der Waals surface area contributed by atoms with Crippen LogP contribution in [0, 0.1) is 0 Å². The molecule has 38 nitrogen and oxygen atoms in total. The Kier molecular flexibility index (Phi) is 29.7. The summed E-state index contributed by atoms with van der Waals surface area (Å²) in [7, 11) is -43.2. The Morgan fingerprint density at radius 2 is 0.795 bits per heavy atom. The molecule has 8 rings (SSSR count). The summed E-state index contributed by atoms with van der Waals surface area (Å²) in [5.41, 5.74) is -1.24. The van der Waals surface area contributed by atoms with Crippen LogP contribution in [-0.4, -0.2) is 221 Å². The number of carboxylic acids is 2. The van der Waals surface area contributed by atoms with Crippen molar-refractivity contribution in [1.82, 2.24) is 0 Å². The van der Waals surface area contributed by atoms with Crippen molar-refractivity contribution in [3.63, 3.8) is 0 Å². The summed E-state index contributed by atoms with van der Waals surface area (Å²) in [5, 5.41) is 20.0. The fraction of sp³-hybridized carbons (Fsp3) is 0.375. The van der Waals surface area contributed by atoms with E-state index in [0.29, 0.717) is 34.1 Å². The van der Waals surface area contributed by atoms with Crippen LogP contribution < -0.4 is 9.80 Å². The quantitative estimate of drug-likeness (QED) is 0.0220. The molecule has 0 amide bonds. The van der Waals surface area contributed by atoms with Crippen LogP contribution in [0.25, 0.3) is 0 Å². The van der Waals surface area contributed by atoms with E-state index in [1.807, 2.05) is 0 Å². The predicted octanol–water partition coefficient (Wildman–Crippen LogP) is 4.52. The summed E-state index contributed by atoms with van der Waals surface area (Å²) in [6, 6.07) is 12.4. The van der Waals surface area contributed by atoms with E-state index in [0.717, 1.165) is 24.3 Å². The van der Waals surface area contributed by atoms with Gasteiger partial charge in [0.25, 0.3) is 50.6 Å². The lowest BCUT2D eigenvalue weighted by Crippen LogP contribution is -2.29. The number of hydrogen-bond donors (Lipinski definition) is 8. The van der Waals surface area contributed by atoms with Gasteiger partial charge in [-0.05, 0) is 89.1 Å². The second-order valence-corrected chi connectivity index (χ2v) is 39.6. The average molecular weight is 1770 g/mol. The van der Waals surface area contributed by atoms with Crippen molar-refractivity contribution in [3.8, 4) is 0 Å². The van der Waals surface area contributed by atoms with Crippen LogP contribution in [0.5, 0.6) is 0 Å². The highest BCUT2D eigenvalue weighted by molar-refractivity contribution is 7.87. The SMILES string of the molecule is CC1(C)C(/C=C/C=C/C=C2/N(CCCS(=O)(=O)O)c3cc(S(=O)(=O)O)cc(C(=O)O)c3C2(C)C)=[N+](CCCS(=O)(=O)[O-])c2c1cccc2S(=O)(=O)O.CC1(C)C(/C=C/C=C/C=C2/N(CCCS(=O)(=O)O)c3cc(S(=O)(=O)O)cc(C(=O)O)c3C2(C)C)=[N+](CCCS(=O)(=O)[O-])c2cccc(S(=O)(=O)O)c21.O=S(=O)=O.O=S(=O)=O. The minimum Gasteiger partial charge on any atom is -0.748 e. The first-order valence-corrected chi connectivity index (χ1v) is 46.2. The van der Waals surface area contributed by atoms with Crippen molar-refractivity contribution in [1.29, 1.82) is 0 Å². The lowest BCUT2D eigenvalue weighted by atomic mass is 9.81. The largest absolute Gasteiger partial charge is 0.748 e. The van der Waals surface area contributed by atoms with E-state index in [9.17, 15) is 124 Å². The molecule has 112 heavy (non-hydrogen) atoms. The molecule has 8 N–H and O–H groups in total. The molecule has 616 valence electrons. The smallest absolute Gasteiger partial charge is 0.425 e. The van der Waals surface area contributed by atoms with Crippen molar-refractivity contribution in [2.45, 2.75) is 122 Å². The number of para-hydroxylation sites is 1. The molecule has 0 atom stereocenters. The second kappa shape index (κ2) is 35.2. The number of carboxylic acid groups (broad SMARTS) is 2. The third-order valence-electron chi connectivity index (χ3n) is 17.8. The van der Waals surface area contributed by atoms with E-state index >= 15 is 0 Å². The van der Waals surface area contributed by atoms with E-state index in [1.54, 1.807) is 133 Å². The fourth-order valence-electron chi connectivity index (χ4n) is 13.5. The van der Waals surface area contributed by atoms with Gasteiger partial charge in [0.05, 0.1) is 69.1 Å². The van der Waals surface area contributed by atoms with E-state index in [1.165, 1.54) is 38.6 Å². The van der Waals surface area contributed by atoms with E-state index in [-0.39, 0.29) is 90.5 Å². The van der Waals surface area contributed by atoms with Crippen molar-refractivity contribution in [2.75, 3.05) is 59.0 Å². The molecule has 0 saturated carbocycles. The maximum atomic E-state index is 12.3. The molecule has 0 aliphatic carbocycles. The van der Waals surface area contributed by atoms with Gasteiger partial charge in [-0.3, -0.25) is 27.3 Å².